The topological polar surface area (TPSA) is 30.7 Å². The molecule has 1 saturated carbocycles. The first-order chi connectivity index (χ1) is 7.77. The second kappa shape index (κ2) is 4.42. The van der Waals surface area contributed by atoms with E-state index < -0.39 is 0 Å². The first kappa shape index (κ1) is 11.4. The minimum Gasteiger partial charge on any atom is -0.329 e. The maximum atomic E-state index is 6.04. The van der Waals surface area contributed by atoms with Crippen molar-refractivity contribution in [3.63, 3.8) is 0 Å². The van der Waals surface area contributed by atoms with E-state index in [4.69, 9.17) is 11.6 Å². The second-order valence-corrected chi connectivity index (χ2v) is 4.17. The maximum Gasteiger partial charge on any atom is 0.145 e. The van der Waals surface area contributed by atoms with Crippen LogP contribution in [0.3, 0.4) is 0 Å². The zero-order chi connectivity index (χ0) is 11.7. The van der Waals surface area contributed by atoms with Gasteiger partial charge in [-0.3, -0.25) is 0 Å². The highest BCUT2D eigenvalue weighted by Crippen LogP contribution is 2.39. The van der Waals surface area contributed by atoms with Crippen LogP contribution in [-0.2, 0) is 0 Å². The number of hydrogen-bond acceptors (Lipinski definition) is 2. The summed E-state index contributed by atoms with van der Waals surface area (Å²) in [5.74, 6) is 0. The minimum absolute atomic E-state index is 0.562. The molecule has 3 nitrogen and oxygen atoms in total. The number of aromatic nitrogens is 3. The molecule has 0 bridgehead atoms. The molecular weight excluding hydrogens is 222 g/mol. The molecule has 0 aliphatic heterocycles. The predicted octanol–water partition coefficient (Wildman–Crippen LogP) is 3.75. The average molecular weight is 238 g/mol. The van der Waals surface area contributed by atoms with Gasteiger partial charge in [0.2, 0.25) is 0 Å². The fraction of sp³-hybridized carbons (Fsp3) is 0.500. The lowest BCUT2D eigenvalue weighted by atomic mass is 10.3. The smallest absolute Gasteiger partial charge is 0.145 e. The molecule has 0 amide bonds. The van der Waals surface area contributed by atoms with Crippen LogP contribution in [0.4, 0.5) is 0 Å². The van der Waals surface area contributed by atoms with Crippen LogP contribution >= 0.6 is 11.6 Å². The van der Waals surface area contributed by atoms with Crippen LogP contribution in [0, 0.1) is 6.92 Å². The van der Waals surface area contributed by atoms with Crippen molar-refractivity contribution < 1.29 is 0 Å². The third-order valence-electron chi connectivity index (χ3n) is 2.69. The first-order valence-corrected chi connectivity index (χ1v) is 6.13. The van der Waals surface area contributed by atoms with E-state index in [1.807, 2.05) is 13.8 Å². The Kier molecular flexibility index (Phi) is 3.15. The van der Waals surface area contributed by atoms with Crippen LogP contribution in [0.15, 0.2) is 12.5 Å². The third-order valence-corrected chi connectivity index (χ3v) is 2.98. The largest absolute Gasteiger partial charge is 0.329 e. The average Bonchev–Trinajstić information content (AvgIpc) is 3.08. The molecule has 16 heavy (non-hydrogen) atoms. The summed E-state index contributed by atoms with van der Waals surface area (Å²) in [5.41, 5.74) is 2.14. The molecule has 0 aromatic carbocycles. The van der Waals surface area contributed by atoms with Gasteiger partial charge in [-0.1, -0.05) is 25.4 Å². The molecule has 0 atom stereocenters. The molecule has 1 aliphatic carbocycles. The van der Waals surface area contributed by atoms with Gasteiger partial charge in [-0.15, -0.1) is 0 Å². The Labute approximate surface area is 100 Å². The lowest BCUT2D eigenvalue weighted by Crippen LogP contribution is -1.93. The molecule has 4 heteroatoms. The van der Waals surface area contributed by atoms with Gasteiger partial charge in [0.25, 0.3) is 0 Å². The third kappa shape index (κ3) is 1.80. The first-order valence-electron chi connectivity index (χ1n) is 5.75. The van der Waals surface area contributed by atoms with Crippen LogP contribution in [-0.4, -0.2) is 14.5 Å². The van der Waals surface area contributed by atoms with E-state index in [0.717, 1.165) is 16.6 Å². The van der Waals surface area contributed by atoms with E-state index in [-0.39, 0.29) is 0 Å². The van der Waals surface area contributed by atoms with Gasteiger partial charge in [-0.2, -0.15) is 0 Å². The van der Waals surface area contributed by atoms with Crippen molar-refractivity contribution >= 4 is 22.6 Å². The maximum absolute atomic E-state index is 6.04. The van der Waals surface area contributed by atoms with Crippen LogP contribution < -0.4 is 0 Å². The summed E-state index contributed by atoms with van der Waals surface area (Å²) in [6, 6.07) is 0.636. The minimum atomic E-state index is 0.562. The number of nitrogens with zero attached hydrogens (tertiary/aromatic N) is 3. The quantitative estimate of drug-likeness (QED) is 0.708. The molecule has 1 aliphatic rings. The standard InChI is InChI=1S/C10H10ClN3.C2H6/c1-6-4-14(7-2-3-7)10-8(6)9(11)12-5-13-10;1-2/h4-5,7H,2-3H2,1H3;1-2H3. The molecule has 86 valence electrons. The van der Waals surface area contributed by atoms with Crippen molar-refractivity contribution in [2.24, 2.45) is 0 Å². The Bertz CT molecular complexity index is 500. The van der Waals surface area contributed by atoms with Crippen molar-refractivity contribution in [3.8, 4) is 0 Å². The van der Waals surface area contributed by atoms with E-state index in [0.29, 0.717) is 11.2 Å². The van der Waals surface area contributed by atoms with E-state index in [1.165, 1.54) is 19.2 Å². The molecule has 1 fully saturated rings. The molecule has 2 heterocycles. The fourth-order valence-corrected chi connectivity index (χ4v) is 2.13. The van der Waals surface area contributed by atoms with E-state index in [2.05, 4.69) is 27.7 Å². The van der Waals surface area contributed by atoms with Gasteiger partial charge in [-0.05, 0) is 25.3 Å². The summed E-state index contributed by atoms with van der Waals surface area (Å²) >= 11 is 6.04. The van der Waals surface area contributed by atoms with Crippen LogP contribution in [0.1, 0.15) is 38.3 Å². The lowest BCUT2D eigenvalue weighted by Gasteiger charge is -2.00. The van der Waals surface area contributed by atoms with E-state index in [9.17, 15) is 0 Å². The highest BCUT2D eigenvalue weighted by Gasteiger charge is 2.26. The lowest BCUT2D eigenvalue weighted by molar-refractivity contribution is 0.763. The molecule has 2 aromatic heterocycles. The molecule has 0 saturated heterocycles. The van der Waals surface area contributed by atoms with E-state index >= 15 is 0 Å². The molecule has 0 N–H and O–H groups in total. The Morgan fingerprint density at radius 3 is 2.62 bits per heavy atom. The molecular formula is C12H16ClN3. The zero-order valence-corrected chi connectivity index (χ0v) is 10.6. The van der Waals surface area contributed by atoms with Crippen LogP contribution in [0.5, 0.6) is 0 Å². The summed E-state index contributed by atoms with van der Waals surface area (Å²) in [4.78, 5) is 8.29. The number of aryl methyl sites for hydroxylation is 1. The summed E-state index contributed by atoms with van der Waals surface area (Å²) < 4.78 is 2.22. The summed E-state index contributed by atoms with van der Waals surface area (Å²) in [5, 5.41) is 1.56. The zero-order valence-electron chi connectivity index (χ0n) is 9.87. The van der Waals surface area contributed by atoms with Gasteiger partial charge < -0.3 is 4.57 Å². The van der Waals surface area contributed by atoms with Crippen LogP contribution in [0.25, 0.3) is 11.0 Å². The van der Waals surface area contributed by atoms with Crippen molar-refractivity contribution in [1.29, 1.82) is 0 Å². The fourth-order valence-electron chi connectivity index (χ4n) is 1.86. The van der Waals surface area contributed by atoms with Gasteiger partial charge in [0.15, 0.2) is 0 Å². The second-order valence-electron chi connectivity index (χ2n) is 3.81. The number of halogens is 1. The van der Waals surface area contributed by atoms with Gasteiger partial charge in [0.05, 0.1) is 5.39 Å². The van der Waals surface area contributed by atoms with Gasteiger partial charge in [0, 0.05) is 12.2 Å². The highest BCUT2D eigenvalue weighted by atomic mass is 35.5. The van der Waals surface area contributed by atoms with Crippen molar-refractivity contribution in [1.82, 2.24) is 14.5 Å². The number of fused-ring (bicyclic) bond motifs is 1. The number of rotatable bonds is 1. The summed E-state index contributed by atoms with van der Waals surface area (Å²) in [6.45, 7) is 6.05. The van der Waals surface area contributed by atoms with Crippen molar-refractivity contribution in [2.75, 3.05) is 0 Å². The van der Waals surface area contributed by atoms with Crippen LogP contribution in [0.2, 0.25) is 5.15 Å². The molecule has 0 spiro atoms. The Morgan fingerprint density at radius 1 is 1.31 bits per heavy atom. The Balaban J connectivity index is 0.000000457. The van der Waals surface area contributed by atoms with Crippen molar-refractivity contribution in [2.45, 2.75) is 39.7 Å². The van der Waals surface area contributed by atoms with E-state index in [1.54, 1.807) is 0 Å². The Morgan fingerprint density at radius 2 is 2.00 bits per heavy atom. The summed E-state index contributed by atoms with van der Waals surface area (Å²) in [7, 11) is 0. The Hall–Kier alpha value is -1.09. The SMILES string of the molecule is CC.Cc1cn(C2CC2)c2ncnc(Cl)c12. The molecule has 3 rings (SSSR count). The van der Waals surface area contributed by atoms with Gasteiger partial charge >= 0.3 is 0 Å². The molecule has 0 radical (unpaired) electrons. The van der Waals surface area contributed by atoms with Crippen molar-refractivity contribution in [3.05, 3.63) is 23.2 Å². The number of hydrogen-bond donors (Lipinski definition) is 0. The predicted molar refractivity (Wildman–Crippen MR) is 66.9 cm³/mol. The highest BCUT2D eigenvalue weighted by molar-refractivity contribution is 6.34. The van der Waals surface area contributed by atoms with Gasteiger partial charge in [-0.25, -0.2) is 9.97 Å². The molecule has 0 unspecified atom stereocenters. The molecule has 2 aromatic rings. The normalized spacial score (nSPS) is 14.8. The summed E-state index contributed by atoms with van der Waals surface area (Å²) in [6.07, 6.45) is 6.17. The monoisotopic (exact) mass is 237 g/mol. The van der Waals surface area contributed by atoms with Gasteiger partial charge in [0.1, 0.15) is 17.1 Å².